The molecule has 1 aromatic carbocycles. The first kappa shape index (κ1) is 21.4. The van der Waals surface area contributed by atoms with Crippen molar-refractivity contribution in [1.29, 1.82) is 0 Å². The third-order valence-electron chi connectivity index (χ3n) is 5.56. The molecule has 2 aliphatic rings. The number of nitrogens with zero attached hydrogens (tertiary/aromatic N) is 2. The fraction of sp³-hybridized carbons (Fsp3) is 0.400. The minimum Gasteiger partial charge on any atom is -0.435 e. The molecule has 1 spiro atoms. The number of halogens is 4. The predicted molar refractivity (Wildman–Crippen MR) is 104 cm³/mol. The van der Waals surface area contributed by atoms with Gasteiger partial charge in [-0.05, 0) is 49.1 Å². The number of amides is 1. The summed E-state index contributed by atoms with van der Waals surface area (Å²) in [7, 11) is 1.80. The van der Waals surface area contributed by atoms with Gasteiger partial charge < -0.3 is 9.64 Å². The Bertz CT molecular complexity index is 914. The van der Waals surface area contributed by atoms with E-state index < -0.39 is 18.0 Å². The number of carbonyl (C=O) groups is 1. The molecule has 1 aromatic heterocycles. The lowest BCUT2D eigenvalue weighted by Crippen LogP contribution is -2.47. The lowest BCUT2D eigenvalue weighted by Gasteiger charge is -2.23. The van der Waals surface area contributed by atoms with E-state index in [4.69, 9.17) is 0 Å². The quantitative estimate of drug-likeness (QED) is 0.803. The van der Waals surface area contributed by atoms with Crippen molar-refractivity contribution in [1.82, 2.24) is 15.2 Å². The molecule has 2 aromatic rings. The Hall–Kier alpha value is -2.32. The van der Waals surface area contributed by atoms with Gasteiger partial charge in [0.05, 0.1) is 11.7 Å². The fourth-order valence-electron chi connectivity index (χ4n) is 4.10. The SMILES string of the molecule is CN1CC[C@@]2(CC[C@H](c3cc(-c4ccc(OC(F)F)cc4F)ccn3)N2)C1=O.Cl. The minimum absolute atomic E-state index is 0. The van der Waals surface area contributed by atoms with Gasteiger partial charge in [-0.3, -0.25) is 15.1 Å². The number of benzene rings is 1. The van der Waals surface area contributed by atoms with Crippen molar-refractivity contribution < 1.29 is 22.7 Å². The molecule has 2 saturated heterocycles. The summed E-state index contributed by atoms with van der Waals surface area (Å²) in [4.78, 5) is 18.6. The molecule has 2 fully saturated rings. The highest BCUT2D eigenvalue weighted by atomic mass is 35.5. The van der Waals surface area contributed by atoms with Gasteiger partial charge in [-0.1, -0.05) is 0 Å². The molecule has 1 N–H and O–H groups in total. The van der Waals surface area contributed by atoms with Crippen molar-refractivity contribution in [2.24, 2.45) is 0 Å². The molecule has 9 heteroatoms. The van der Waals surface area contributed by atoms with Crippen molar-refractivity contribution in [2.45, 2.75) is 37.5 Å². The zero-order chi connectivity index (χ0) is 19.9. The Balaban J connectivity index is 0.00000240. The predicted octanol–water partition coefficient (Wildman–Crippen LogP) is 3.94. The van der Waals surface area contributed by atoms with Crippen LogP contribution in [0.2, 0.25) is 0 Å². The normalized spacial score (nSPS) is 23.7. The van der Waals surface area contributed by atoms with Crippen molar-refractivity contribution >= 4 is 18.3 Å². The molecule has 3 heterocycles. The highest BCUT2D eigenvalue weighted by molar-refractivity contribution is 5.88. The number of carbonyl (C=O) groups excluding carboxylic acids is 1. The van der Waals surface area contributed by atoms with Gasteiger partial charge in [0.15, 0.2) is 0 Å². The summed E-state index contributed by atoms with van der Waals surface area (Å²) in [5.74, 6) is -0.778. The first-order valence-electron chi connectivity index (χ1n) is 9.12. The number of likely N-dealkylation sites (N-methyl/N-ethyl adjacent to an activating group) is 1. The third-order valence-corrected chi connectivity index (χ3v) is 5.56. The van der Waals surface area contributed by atoms with Crippen molar-refractivity contribution in [2.75, 3.05) is 13.6 Å². The van der Waals surface area contributed by atoms with Crippen LogP contribution in [0.3, 0.4) is 0 Å². The van der Waals surface area contributed by atoms with Gasteiger partial charge in [0, 0.05) is 31.4 Å². The van der Waals surface area contributed by atoms with E-state index in [9.17, 15) is 18.0 Å². The molecular formula is C20H21ClF3N3O2. The van der Waals surface area contributed by atoms with E-state index in [0.29, 0.717) is 5.56 Å². The van der Waals surface area contributed by atoms with Gasteiger partial charge in [0.25, 0.3) is 0 Å². The zero-order valence-corrected chi connectivity index (χ0v) is 16.5. The van der Waals surface area contributed by atoms with E-state index >= 15 is 0 Å². The number of alkyl halides is 2. The van der Waals surface area contributed by atoms with Crippen LogP contribution >= 0.6 is 12.4 Å². The molecule has 2 atom stereocenters. The molecule has 2 aliphatic heterocycles. The summed E-state index contributed by atoms with van der Waals surface area (Å²) in [5.41, 5.74) is 1.05. The molecule has 0 bridgehead atoms. The van der Waals surface area contributed by atoms with Crippen LogP contribution in [0, 0.1) is 5.82 Å². The van der Waals surface area contributed by atoms with Gasteiger partial charge in [-0.25, -0.2) is 4.39 Å². The van der Waals surface area contributed by atoms with Crippen LogP contribution in [-0.2, 0) is 4.79 Å². The van der Waals surface area contributed by atoms with Gasteiger partial charge in [-0.15, -0.1) is 12.4 Å². The van der Waals surface area contributed by atoms with Crippen LogP contribution in [0.5, 0.6) is 5.75 Å². The average Bonchev–Trinajstić information content (AvgIpc) is 3.22. The second-order valence-corrected chi connectivity index (χ2v) is 7.28. The number of nitrogens with one attached hydrogen (secondary N) is 1. The van der Waals surface area contributed by atoms with E-state index in [2.05, 4.69) is 15.0 Å². The summed E-state index contributed by atoms with van der Waals surface area (Å²) in [5, 5.41) is 3.44. The summed E-state index contributed by atoms with van der Waals surface area (Å²) in [6.45, 7) is -2.28. The van der Waals surface area contributed by atoms with Crippen LogP contribution < -0.4 is 10.1 Å². The Labute approximate surface area is 172 Å². The number of hydrogen-bond acceptors (Lipinski definition) is 4. The highest BCUT2D eigenvalue weighted by Crippen LogP contribution is 2.39. The number of likely N-dealkylation sites (tertiary alicyclic amines) is 1. The molecule has 0 radical (unpaired) electrons. The molecule has 1 amide bonds. The topological polar surface area (TPSA) is 54.5 Å². The van der Waals surface area contributed by atoms with Crippen LogP contribution in [0.25, 0.3) is 11.1 Å². The summed E-state index contributed by atoms with van der Waals surface area (Å²) < 4.78 is 43.2. The Morgan fingerprint density at radius 1 is 1.28 bits per heavy atom. The zero-order valence-electron chi connectivity index (χ0n) is 15.7. The van der Waals surface area contributed by atoms with Gasteiger partial charge in [-0.2, -0.15) is 8.78 Å². The molecule has 0 saturated carbocycles. The van der Waals surface area contributed by atoms with E-state index in [-0.39, 0.29) is 35.7 Å². The molecule has 29 heavy (non-hydrogen) atoms. The molecular weight excluding hydrogens is 407 g/mol. The average molecular weight is 428 g/mol. The Kier molecular flexibility index (Phi) is 6.05. The number of hydrogen-bond donors (Lipinski definition) is 1. The smallest absolute Gasteiger partial charge is 0.387 e. The maximum Gasteiger partial charge on any atom is 0.387 e. The van der Waals surface area contributed by atoms with Gasteiger partial charge >= 0.3 is 6.61 Å². The first-order valence-corrected chi connectivity index (χ1v) is 9.12. The van der Waals surface area contributed by atoms with Gasteiger partial charge in [0.2, 0.25) is 5.91 Å². The van der Waals surface area contributed by atoms with Crippen LogP contribution in [-0.4, -0.2) is 41.5 Å². The monoisotopic (exact) mass is 427 g/mol. The number of aromatic nitrogens is 1. The maximum atomic E-state index is 14.4. The second kappa shape index (κ2) is 8.20. The third kappa shape index (κ3) is 4.04. The van der Waals surface area contributed by atoms with Crippen LogP contribution in [0.1, 0.15) is 31.0 Å². The number of ether oxygens (including phenoxy) is 1. The number of rotatable bonds is 4. The van der Waals surface area contributed by atoms with E-state index in [0.717, 1.165) is 37.6 Å². The lowest BCUT2D eigenvalue weighted by atomic mass is 9.96. The van der Waals surface area contributed by atoms with E-state index in [1.54, 1.807) is 30.3 Å². The largest absolute Gasteiger partial charge is 0.435 e. The van der Waals surface area contributed by atoms with Crippen LogP contribution in [0.15, 0.2) is 36.5 Å². The number of pyridine rings is 1. The molecule has 0 unspecified atom stereocenters. The van der Waals surface area contributed by atoms with Crippen molar-refractivity contribution in [3.05, 3.63) is 48.0 Å². The molecule has 156 valence electrons. The Morgan fingerprint density at radius 3 is 2.72 bits per heavy atom. The maximum absolute atomic E-state index is 14.4. The Morgan fingerprint density at radius 2 is 2.07 bits per heavy atom. The lowest BCUT2D eigenvalue weighted by molar-refractivity contribution is -0.131. The van der Waals surface area contributed by atoms with Crippen molar-refractivity contribution in [3.8, 4) is 16.9 Å². The van der Waals surface area contributed by atoms with Crippen molar-refractivity contribution in [3.63, 3.8) is 0 Å². The standard InChI is InChI=1S/C20H20F3N3O2.ClH/c1-26-9-7-20(18(26)27)6-4-16(25-20)17-10-12(5-8-24-17)14-3-2-13(11-15(14)21)28-19(22)23;/h2-3,5,8,10-11,16,19,25H,4,6-7,9H2,1H3;1H/t16-,20+;/m1./s1. The minimum atomic E-state index is -3.00. The van der Waals surface area contributed by atoms with E-state index in [1.807, 2.05) is 0 Å². The molecule has 4 rings (SSSR count). The highest BCUT2D eigenvalue weighted by Gasteiger charge is 2.50. The fourth-order valence-corrected chi connectivity index (χ4v) is 4.10. The van der Waals surface area contributed by atoms with Crippen LogP contribution in [0.4, 0.5) is 13.2 Å². The second-order valence-electron chi connectivity index (χ2n) is 7.28. The summed E-state index contributed by atoms with van der Waals surface area (Å²) in [6.07, 6.45) is 3.85. The first-order chi connectivity index (χ1) is 13.4. The summed E-state index contributed by atoms with van der Waals surface area (Å²) in [6, 6.07) is 6.99. The molecule has 5 nitrogen and oxygen atoms in total. The summed E-state index contributed by atoms with van der Waals surface area (Å²) >= 11 is 0. The van der Waals surface area contributed by atoms with E-state index in [1.165, 1.54) is 12.1 Å². The van der Waals surface area contributed by atoms with Gasteiger partial charge in [0.1, 0.15) is 17.1 Å². The molecule has 0 aliphatic carbocycles.